The highest BCUT2D eigenvalue weighted by atomic mass is 16.5. The van der Waals surface area contributed by atoms with Crippen LogP contribution in [0.3, 0.4) is 0 Å². The van der Waals surface area contributed by atoms with Crippen LogP contribution in [0.1, 0.15) is 28.9 Å². The molecule has 1 saturated carbocycles. The number of fused-ring (bicyclic) bond motifs is 1. The van der Waals surface area contributed by atoms with Gasteiger partial charge in [-0.3, -0.25) is 14.4 Å². The minimum Gasteiger partial charge on any atom is -0.373 e. The number of carbonyl (C=O) groups excluding carboxylic acids is 1. The Kier molecular flexibility index (Phi) is 3.46. The first-order chi connectivity index (χ1) is 10.6. The zero-order valence-corrected chi connectivity index (χ0v) is 13.4. The number of aryl methyl sites for hydroxylation is 2. The van der Waals surface area contributed by atoms with Crippen LogP contribution in [0.2, 0.25) is 0 Å². The smallest absolute Gasteiger partial charge is 0.257 e. The van der Waals surface area contributed by atoms with Gasteiger partial charge in [0.05, 0.1) is 30.0 Å². The van der Waals surface area contributed by atoms with Gasteiger partial charge >= 0.3 is 0 Å². The van der Waals surface area contributed by atoms with Gasteiger partial charge in [-0.25, -0.2) is 0 Å². The molecule has 0 unspecified atom stereocenters. The average molecular weight is 304 g/mol. The largest absolute Gasteiger partial charge is 0.373 e. The van der Waals surface area contributed by atoms with Crippen LogP contribution >= 0.6 is 0 Å². The minimum atomic E-state index is 0.0926. The van der Waals surface area contributed by atoms with Crippen LogP contribution < -0.4 is 0 Å². The number of likely N-dealkylation sites (tertiary alicyclic amines) is 1. The van der Waals surface area contributed by atoms with Gasteiger partial charge in [0.25, 0.3) is 5.91 Å². The number of morpholine rings is 1. The van der Waals surface area contributed by atoms with Gasteiger partial charge in [0.2, 0.25) is 0 Å². The lowest BCUT2D eigenvalue weighted by atomic mass is 10.1. The summed E-state index contributed by atoms with van der Waals surface area (Å²) >= 11 is 0. The Labute approximate surface area is 131 Å². The summed E-state index contributed by atoms with van der Waals surface area (Å²) in [6.07, 6.45) is 4.73. The summed E-state index contributed by atoms with van der Waals surface area (Å²) in [5.41, 5.74) is 1.52. The minimum absolute atomic E-state index is 0.0926. The molecule has 2 aliphatic heterocycles. The summed E-state index contributed by atoms with van der Waals surface area (Å²) in [5.74, 6) is 0.971. The highest BCUT2D eigenvalue weighted by Gasteiger charge is 2.43. The lowest BCUT2D eigenvalue weighted by Crippen LogP contribution is -2.51. The number of nitrogens with zero attached hydrogens (tertiary/aromatic N) is 4. The lowest BCUT2D eigenvalue weighted by Gasteiger charge is -2.36. The molecule has 1 aromatic heterocycles. The molecule has 6 nitrogen and oxygen atoms in total. The van der Waals surface area contributed by atoms with E-state index in [0.717, 1.165) is 36.9 Å². The number of ether oxygens (including phenoxy) is 1. The van der Waals surface area contributed by atoms with Crippen molar-refractivity contribution in [2.75, 3.05) is 32.8 Å². The molecule has 0 radical (unpaired) electrons. The second-order valence-electron chi connectivity index (χ2n) is 6.93. The molecule has 3 heterocycles. The maximum atomic E-state index is 12.8. The van der Waals surface area contributed by atoms with Crippen LogP contribution in [0.5, 0.6) is 0 Å². The molecule has 4 rings (SSSR count). The molecule has 0 bridgehead atoms. The Hall–Kier alpha value is -1.40. The summed E-state index contributed by atoms with van der Waals surface area (Å²) in [6, 6.07) is 0.371. The summed E-state index contributed by atoms with van der Waals surface area (Å²) in [5, 5.41) is 4.28. The second-order valence-corrected chi connectivity index (χ2v) is 6.93. The maximum Gasteiger partial charge on any atom is 0.257 e. The van der Waals surface area contributed by atoms with Crippen molar-refractivity contribution < 1.29 is 9.53 Å². The van der Waals surface area contributed by atoms with E-state index in [1.165, 1.54) is 19.4 Å². The zero-order valence-electron chi connectivity index (χ0n) is 13.4. The number of carbonyl (C=O) groups is 1. The Bertz CT molecular complexity index is 581. The molecule has 1 aromatic rings. The molecule has 6 heteroatoms. The van der Waals surface area contributed by atoms with Crippen molar-refractivity contribution in [3.05, 3.63) is 17.5 Å². The average Bonchev–Trinajstić information content (AvgIpc) is 3.08. The van der Waals surface area contributed by atoms with E-state index in [-0.39, 0.29) is 12.0 Å². The van der Waals surface area contributed by atoms with Gasteiger partial charge in [-0.15, -0.1) is 0 Å². The predicted octanol–water partition coefficient (Wildman–Crippen LogP) is 0.664. The van der Waals surface area contributed by atoms with Crippen LogP contribution in [0.4, 0.5) is 0 Å². The van der Waals surface area contributed by atoms with Crippen LogP contribution in [0.15, 0.2) is 6.20 Å². The number of amides is 1. The quantitative estimate of drug-likeness (QED) is 0.823. The van der Waals surface area contributed by atoms with Crippen LogP contribution in [-0.4, -0.2) is 70.4 Å². The monoisotopic (exact) mass is 304 g/mol. The van der Waals surface area contributed by atoms with Crippen molar-refractivity contribution in [2.24, 2.45) is 13.0 Å². The van der Waals surface area contributed by atoms with E-state index in [1.807, 2.05) is 25.1 Å². The Morgan fingerprint density at radius 2 is 2.23 bits per heavy atom. The second kappa shape index (κ2) is 5.35. The summed E-state index contributed by atoms with van der Waals surface area (Å²) in [7, 11) is 1.86. The van der Waals surface area contributed by atoms with Crippen molar-refractivity contribution >= 4 is 5.91 Å². The standard InChI is InChI=1S/C16H24N4O2/c1-11-13(8-18(2)17-11)16(21)20-9-14-15(10-20)22-6-5-19(14)7-12-3-4-12/h8,12,14-15H,3-7,9-10H2,1-2H3/t14-,15-/m0/s1. The van der Waals surface area contributed by atoms with Crippen molar-refractivity contribution in [1.82, 2.24) is 19.6 Å². The van der Waals surface area contributed by atoms with Gasteiger partial charge in [-0.1, -0.05) is 0 Å². The van der Waals surface area contributed by atoms with Gasteiger partial charge in [-0.2, -0.15) is 5.10 Å². The topological polar surface area (TPSA) is 50.6 Å². The van der Waals surface area contributed by atoms with Crippen LogP contribution in [0, 0.1) is 12.8 Å². The van der Waals surface area contributed by atoms with Gasteiger partial charge in [-0.05, 0) is 25.7 Å². The third-order valence-corrected chi connectivity index (χ3v) is 5.14. The molecule has 120 valence electrons. The molecule has 0 spiro atoms. The predicted molar refractivity (Wildman–Crippen MR) is 81.7 cm³/mol. The van der Waals surface area contributed by atoms with E-state index in [9.17, 15) is 4.79 Å². The first-order valence-electron chi connectivity index (χ1n) is 8.27. The Balaban J connectivity index is 1.48. The molecule has 1 amide bonds. The van der Waals surface area contributed by atoms with Gasteiger partial charge in [0, 0.05) is 39.4 Å². The third-order valence-electron chi connectivity index (χ3n) is 5.14. The molecule has 0 aromatic carbocycles. The molecular formula is C16H24N4O2. The van der Waals surface area contributed by atoms with Crippen molar-refractivity contribution in [1.29, 1.82) is 0 Å². The van der Waals surface area contributed by atoms with E-state index in [1.54, 1.807) is 4.68 Å². The molecular weight excluding hydrogens is 280 g/mol. The van der Waals surface area contributed by atoms with E-state index in [2.05, 4.69) is 10.00 Å². The van der Waals surface area contributed by atoms with Crippen molar-refractivity contribution in [2.45, 2.75) is 31.9 Å². The zero-order chi connectivity index (χ0) is 15.3. The van der Waals surface area contributed by atoms with E-state index in [4.69, 9.17) is 4.74 Å². The fourth-order valence-corrected chi connectivity index (χ4v) is 3.76. The van der Waals surface area contributed by atoms with Crippen molar-refractivity contribution in [3.8, 4) is 0 Å². The van der Waals surface area contributed by atoms with Gasteiger partial charge in [0.15, 0.2) is 0 Å². The van der Waals surface area contributed by atoms with Crippen molar-refractivity contribution in [3.63, 3.8) is 0 Å². The number of rotatable bonds is 3. The molecule has 1 aliphatic carbocycles. The number of hydrogen-bond donors (Lipinski definition) is 0. The van der Waals surface area contributed by atoms with E-state index >= 15 is 0 Å². The highest BCUT2D eigenvalue weighted by Crippen LogP contribution is 2.33. The lowest BCUT2D eigenvalue weighted by molar-refractivity contribution is -0.0484. The van der Waals surface area contributed by atoms with E-state index < -0.39 is 0 Å². The maximum absolute atomic E-state index is 12.8. The number of hydrogen-bond acceptors (Lipinski definition) is 4. The Morgan fingerprint density at radius 1 is 1.41 bits per heavy atom. The summed E-state index contributed by atoms with van der Waals surface area (Å²) < 4.78 is 7.64. The first-order valence-corrected chi connectivity index (χ1v) is 8.27. The molecule has 22 heavy (non-hydrogen) atoms. The van der Waals surface area contributed by atoms with Crippen LogP contribution in [0.25, 0.3) is 0 Å². The molecule has 0 N–H and O–H groups in total. The van der Waals surface area contributed by atoms with E-state index in [0.29, 0.717) is 12.6 Å². The van der Waals surface area contributed by atoms with Gasteiger partial charge in [0.1, 0.15) is 0 Å². The molecule has 2 saturated heterocycles. The first kappa shape index (κ1) is 14.2. The Morgan fingerprint density at radius 3 is 2.91 bits per heavy atom. The van der Waals surface area contributed by atoms with Crippen LogP contribution in [-0.2, 0) is 11.8 Å². The fraction of sp³-hybridized carbons (Fsp3) is 0.750. The normalized spacial score (nSPS) is 28.9. The highest BCUT2D eigenvalue weighted by molar-refractivity contribution is 5.95. The number of aromatic nitrogens is 2. The summed E-state index contributed by atoms with van der Waals surface area (Å²) in [6.45, 7) is 6.36. The fourth-order valence-electron chi connectivity index (χ4n) is 3.76. The third kappa shape index (κ3) is 2.54. The molecule has 3 aliphatic rings. The molecule has 2 atom stereocenters. The SMILES string of the molecule is Cc1nn(C)cc1C(=O)N1C[C@@H]2OCCN(CC3CC3)[C@H]2C1. The molecule has 3 fully saturated rings. The summed E-state index contributed by atoms with van der Waals surface area (Å²) in [4.78, 5) is 17.3. The van der Waals surface area contributed by atoms with Gasteiger partial charge < -0.3 is 9.64 Å².